The van der Waals surface area contributed by atoms with E-state index in [0.29, 0.717) is 16.5 Å². The third-order valence-electron chi connectivity index (χ3n) is 4.36. The van der Waals surface area contributed by atoms with Crippen LogP contribution in [0.4, 0.5) is 0 Å². The Morgan fingerprint density at radius 2 is 1.84 bits per heavy atom. The van der Waals surface area contributed by atoms with Gasteiger partial charge < -0.3 is 5.11 Å². The zero-order chi connectivity index (χ0) is 22.3. The van der Waals surface area contributed by atoms with E-state index in [-0.39, 0.29) is 17.4 Å². The van der Waals surface area contributed by atoms with E-state index >= 15 is 0 Å². The van der Waals surface area contributed by atoms with Crippen LogP contribution in [0.5, 0.6) is 5.75 Å². The fourth-order valence-electron chi connectivity index (χ4n) is 2.91. The van der Waals surface area contributed by atoms with Crippen LogP contribution in [-0.2, 0) is 4.79 Å². The predicted molar refractivity (Wildman–Crippen MR) is 129 cm³/mol. The molecule has 0 saturated carbocycles. The van der Waals surface area contributed by atoms with Crippen molar-refractivity contribution in [2.45, 2.75) is 5.16 Å². The van der Waals surface area contributed by atoms with Crippen molar-refractivity contribution in [3.05, 3.63) is 88.9 Å². The van der Waals surface area contributed by atoms with Gasteiger partial charge in [-0.3, -0.25) is 9.36 Å². The largest absolute Gasteiger partial charge is 0.508 e. The Morgan fingerprint density at radius 3 is 2.59 bits per heavy atom. The highest BCUT2D eigenvalue weighted by molar-refractivity contribution is 9.10. The number of hydrogen-bond acceptors (Lipinski definition) is 6. The Kier molecular flexibility index (Phi) is 6.98. The normalized spacial score (nSPS) is 11.0. The average molecular weight is 508 g/mol. The van der Waals surface area contributed by atoms with Crippen LogP contribution in [0.15, 0.2) is 93.6 Å². The van der Waals surface area contributed by atoms with E-state index < -0.39 is 0 Å². The molecule has 0 aliphatic rings. The van der Waals surface area contributed by atoms with Crippen LogP contribution in [0.25, 0.3) is 17.1 Å². The number of carbonyl (C=O) groups is 1. The van der Waals surface area contributed by atoms with Crippen LogP contribution in [-0.4, -0.2) is 37.7 Å². The molecule has 0 saturated heterocycles. The fraction of sp³-hybridized carbons (Fsp3) is 0.0435. The SMILES string of the molecule is O=C(CSc1nnc(-c2ccc(Br)cc2)n1-c1ccccc1)N/N=C/c1cccc(O)c1. The van der Waals surface area contributed by atoms with Gasteiger partial charge >= 0.3 is 0 Å². The van der Waals surface area contributed by atoms with Crippen molar-refractivity contribution in [2.75, 3.05) is 5.75 Å². The smallest absolute Gasteiger partial charge is 0.250 e. The van der Waals surface area contributed by atoms with Gasteiger partial charge in [0, 0.05) is 15.7 Å². The van der Waals surface area contributed by atoms with Crippen molar-refractivity contribution in [2.24, 2.45) is 5.10 Å². The van der Waals surface area contributed by atoms with Gasteiger partial charge in [-0.2, -0.15) is 5.10 Å². The number of benzene rings is 3. The molecule has 0 radical (unpaired) electrons. The second-order valence-electron chi connectivity index (χ2n) is 6.66. The number of hydrogen-bond donors (Lipinski definition) is 2. The zero-order valence-corrected chi connectivity index (χ0v) is 19.1. The molecule has 1 aromatic heterocycles. The number of phenols is 1. The maximum Gasteiger partial charge on any atom is 0.250 e. The van der Waals surface area contributed by atoms with Crippen LogP contribution in [0.1, 0.15) is 5.56 Å². The van der Waals surface area contributed by atoms with Crippen molar-refractivity contribution in [1.29, 1.82) is 0 Å². The summed E-state index contributed by atoms with van der Waals surface area (Å²) in [5.41, 5.74) is 4.99. The molecule has 0 aliphatic heterocycles. The lowest BCUT2D eigenvalue weighted by Gasteiger charge is -2.10. The summed E-state index contributed by atoms with van der Waals surface area (Å²) in [5, 5.41) is 22.7. The van der Waals surface area contributed by atoms with Gasteiger partial charge in [-0.15, -0.1) is 10.2 Å². The number of carbonyl (C=O) groups excluding carboxylic acids is 1. The second-order valence-corrected chi connectivity index (χ2v) is 8.52. The van der Waals surface area contributed by atoms with Gasteiger partial charge in [0.05, 0.1) is 12.0 Å². The zero-order valence-electron chi connectivity index (χ0n) is 16.7. The number of rotatable bonds is 7. The maximum absolute atomic E-state index is 12.3. The molecule has 0 aliphatic carbocycles. The lowest BCUT2D eigenvalue weighted by Crippen LogP contribution is -2.20. The molecule has 1 heterocycles. The van der Waals surface area contributed by atoms with Gasteiger partial charge in [0.1, 0.15) is 5.75 Å². The number of nitrogens with one attached hydrogen (secondary N) is 1. The maximum atomic E-state index is 12.3. The van der Waals surface area contributed by atoms with Gasteiger partial charge in [-0.05, 0) is 42.0 Å². The number of para-hydroxylation sites is 1. The van der Waals surface area contributed by atoms with Crippen LogP contribution in [0.3, 0.4) is 0 Å². The van der Waals surface area contributed by atoms with E-state index in [9.17, 15) is 9.90 Å². The number of hydrazone groups is 1. The van der Waals surface area contributed by atoms with Gasteiger partial charge in [-0.1, -0.05) is 70.2 Å². The average Bonchev–Trinajstić information content (AvgIpc) is 3.23. The monoisotopic (exact) mass is 507 g/mol. The number of phenolic OH excluding ortho intramolecular Hbond substituents is 1. The van der Waals surface area contributed by atoms with Crippen molar-refractivity contribution < 1.29 is 9.90 Å². The minimum absolute atomic E-state index is 0.114. The van der Waals surface area contributed by atoms with Crippen LogP contribution in [0, 0.1) is 0 Å². The second kappa shape index (κ2) is 10.3. The summed E-state index contributed by atoms with van der Waals surface area (Å²) < 4.78 is 2.90. The quantitative estimate of drug-likeness (QED) is 0.216. The Morgan fingerprint density at radius 1 is 1.06 bits per heavy atom. The summed E-state index contributed by atoms with van der Waals surface area (Å²) in [6.45, 7) is 0. The molecule has 0 unspecified atom stereocenters. The fourth-order valence-corrected chi connectivity index (χ4v) is 3.91. The first-order valence-corrected chi connectivity index (χ1v) is 11.4. The number of nitrogens with zero attached hydrogens (tertiary/aromatic N) is 4. The summed E-state index contributed by atoms with van der Waals surface area (Å²) in [6, 6.07) is 24.2. The number of aromatic hydroxyl groups is 1. The molecule has 0 bridgehead atoms. The molecule has 0 spiro atoms. The third-order valence-corrected chi connectivity index (χ3v) is 5.81. The van der Waals surface area contributed by atoms with Crippen molar-refractivity contribution in [1.82, 2.24) is 20.2 Å². The summed E-state index contributed by atoms with van der Waals surface area (Å²) in [7, 11) is 0. The molecule has 4 rings (SSSR count). The van der Waals surface area contributed by atoms with Gasteiger partial charge in [0.25, 0.3) is 5.91 Å². The number of amides is 1. The molecular formula is C23H18BrN5O2S. The van der Waals surface area contributed by atoms with Gasteiger partial charge in [-0.25, -0.2) is 5.43 Å². The molecule has 4 aromatic rings. The first-order valence-electron chi connectivity index (χ1n) is 9.60. The molecule has 7 nitrogen and oxygen atoms in total. The molecule has 1 amide bonds. The molecule has 0 fully saturated rings. The Bertz CT molecular complexity index is 1240. The highest BCUT2D eigenvalue weighted by Gasteiger charge is 2.17. The molecule has 32 heavy (non-hydrogen) atoms. The standard InChI is InChI=1S/C23H18BrN5O2S/c24-18-11-9-17(10-12-18)22-27-28-23(29(22)19-6-2-1-3-7-19)32-15-21(31)26-25-14-16-5-4-8-20(30)13-16/h1-14,30H,15H2,(H,26,31)/b25-14+. The number of halogens is 1. The lowest BCUT2D eigenvalue weighted by molar-refractivity contribution is -0.118. The number of thioether (sulfide) groups is 1. The first-order chi connectivity index (χ1) is 15.6. The molecular weight excluding hydrogens is 490 g/mol. The highest BCUT2D eigenvalue weighted by Crippen LogP contribution is 2.28. The molecule has 3 aromatic carbocycles. The summed E-state index contributed by atoms with van der Waals surface area (Å²) in [6.07, 6.45) is 1.47. The Hall–Kier alpha value is -3.43. The molecule has 9 heteroatoms. The van der Waals surface area contributed by atoms with E-state index in [1.54, 1.807) is 24.3 Å². The van der Waals surface area contributed by atoms with Crippen molar-refractivity contribution >= 4 is 39.8 Å². The molecule has 2 N–H and O–H groups in total. The molecule has 0 atom stereocenters. The van der Waals surface area contributed by atoms with E-state index in [1.807, 2.05) is 59.2 Å². The first kappa shape index (κ1) is 21.8. The van der Waals surface area contributed by atoms with Crippen LogP contribution < -0.4 is 5.43 Å². The van der Waals surface area contributed by atoms with E-state index in [4.69, 9.17) is 0 Å². The molecule has 160 valence electrons. The highest BCUT2D eigenvalue weighted by atomic mass is 79.9. The summed E-state index contributed by atoms with van der Waals surface area (Å²) in [5.74, 6) is 0.660. The van der Waals surface area contributed by atoms with E-state index in [0.717, 1.165) is 15.7 Å². The Labute approximate surface area is 197 Å². The minimum atomic E-state index is -0.279. The van der Waals surface area contributed by atoms with Crippen LogP contribution >= 0.6 is 27.7 Å². The third kappa shape index (κ3) is 5.43. The van der Waals surface area contributed by atoms with E-state index in [1.165, 1.54) is 18.0 Å². The number of aromatic nitrogens is 3. The Balaban J connectivity index is 1.49. The van der Waals surface area contributed by atoms with Crippen LogP contribution in [0.2, 0.25) is 0 Å². The van der Waals surface area contributed by atoms with Gasteiger partial charge in [0.2, 0.25) is 0 Å². The lowest BCUT2D eigenvalue weighted by atomic mass is 10.2. The van der Waals surface area contributed by atoms with E-state index in [2.05, 4.69) is 36.7 Å². The predicted octanol–water partition coefficient (Wildman–Crippen LogP) is 4.64. The summed E-state index contributed by atoms with van der Waals surface area (Å²) >= 11 is 4.72. The topological polar surface area (TPSA) is 92.4 Å². The van der Waals surface area contributed by atoms with Crippen molar-refractivity contribution in [3.8, 4) is 22.8 Å². The summed E-state index contributed by atoms with van der Waals surface area (Å²) in [4.78, 5) is 12.3. The van der Waals surface area contributed by atoms with Gasteiger partial charge in [0.15, 0.2) is 11.0 Å². The van der Waals surface area contributed by atoms with Crippen molar-refractivity contribution in [3.63, 3.8) is 0 Å². The minimum Gasteiger partial charge on any atom is -0.508 e.